The molecule has 2 nitrogen and oxygen atoms in total. The lowest BCUT2D eigenvalue weighted by Crippen LogP contribution is -2.61. The van der Waals surface area contributed by atoms with Crippen LogP contribution in [0.5, 0.6) is 0 Å². The van der Waals surface area contributed by atoms with Gasteiger partial charge >= 0.3 is 0 Å². The largest absolute Gasteiger partial charge is 0.311 e. The molecule has 8 aromatic carbocycles. The lowest BCUT2D eigenvalue weighted by atomic mass is 9.33. The minimum atomic E-state index is -0.116. The molecular weight excluding hydrogens is 747 g/mol. The fourth-order valence-electron chi connectivity index (χ4n) is 9.84. The van der Waals surface area contributed by atoms with Crippen LogP contribution < -0.4 is 26.2 Å². The summed E-state index contributed by atoms with van der Waals surface area (Å²) in [4.78, 5) is 5.15. The first-order valence-electron chi connectivity index (χ1n) is 22.3. The Morgan fingerprint density at radius 2 is 0.903 bits per heavy atom. The molecule has 2 heterocycles. The molecule has 0 atom stereocenters. The highest BCUT2D eigenvalue weighted by Crippen LogP contribution is 2.49. The molecule has 2 aliphatic heterocycles. The van der Waals surface area contributed by atoms with Crippen LogP contribution in [0.4, 0.5) is 34.1 Å². The molecule has 0 bridgehead atoms. The van der Waals surface area contributed by atoms with Crippen LogP contribution in [-0.4, -0.2) is 6.71 Å². The van der Waals surface area contributed by atoms with Gasteiger partial charge in [0.25, 0.3) is 6.71 Å². The number of hydrogen-bond donors (Lipinski definition) is 0. The Hall–Kier alpha value is -6.58. The molecule has 0 saturated heterocycles. The van der Waals surface area contributed by atoms with Crippen LogP contribution in [-0.2, 0) is 10.8 Å². The van der Waals surface area contributed by atoms with E-state index in [2.05, 4.69) is 247 Å². The Balaban J connectivity index is 1.32. The number of rotatable bonds is 6. The third-order valence-electron chi connectivity index (χ3n) is 13.2. The Morgan fingerprint density at radius 1 is 0.387 bits per heavy atom. The van der Waals surface area contributed by atoms with Crippen LogP contribution in [0.3, 0.4) is 0 Å². The Kier molecular flexibility index (Phi) is 9.63. The van der Waals surface area contributed by atoms with Crippen molar-refractivity contribution >= 4 is 57.2 Å². The predicted octanol–water partition coefficient (Wildman–Crippen LogP) is 14.5. The number of anilines is 6. The first kappa shape index (κ1) is 39.6. The van der Waals surface area contributed by atoms with Gasteiger partial charge in [0.1, 0.15) is 0 Å². The van der Waals surface area contributed by atoms with Crippen LogP contribution in [0.25, 0.3) is 33.4 Å². The van der Waals surface area contributed by atoms with Gasteiger partial charge in [0.05, 0.1) is 5.69 Å². The predicted molar refractivity (Wildman–Crippen MR) is 268 cm³/mol. The average Bonchev–Trinajstić information content (AvgIpc) is 3.28. The van der Waals surface area contributed by atoms with Crippen molar-refractivity contribution in [2.75, 3.05) is 9.80 Å². The van der Waals surface area contributed by atoms with Gasteiger partial charge in [-0.15, -0.1) is 0 Å². The van der Waals surface area contributed by atoms with Gasteiger partial charge in [0.2, 0.25) is 0 Å². The molecule has 0 saturated carbocycles. The second-order valence-corrected chi connectivity index (χ2v) is 19.6. The van der Waals surface area contributed by atoms with E-state index in [1.165, 1.54) is 94.9 Å². The molecule has 304 valence electrons. The SMILES string of the molecule is CC(C)c1ccccc1-c1ccc2c(c1)B1c3cc(C(C)(C)C)ccc3N(c3ccccc3-c3ccccc3)c3cc(C(C)(C)C)cc(c31)N2c1ccc(-c2ccccc2)cc1. The summed E-state index contributed by atoms with van der Waals surface area (Å²) >= 11 is 0. The number of benzene rings is 8. The molecule has 0 N–H and O–H groups in total. The number of fused-ring (bicyclic) bond motifs is 4. The van der Waals surface area contributed by atoms with E-state index in [0.717, 1.165) is 5.69 Å². The summed E-state index contributed by atoms with van der Waals surface area (Å²) in [5.41, 5.74) is 22.5. The van der Waals surface area contributed by atoms with Gasteiger partial charge in [-0.3, -0.25) is 0 Å². The van der Waals surface area contributed by atoms with Crippen LogP contribution in [0, 0.1) is 0 Å². The molecule has 0 radical (unpaired) electrons. The third kappa shape index (κ3) is 6.76. The first-order chi connectivity index (χ1) is 29.9. The summed E-state index contributed by atoms with van der Waals surface area (Å²) in [6.07, 6.45) is 0. The Labute approximate surface area is 369 Å². The highest BCUT2D eigenvalue weighted by Gasteiger charge is 2.45. The molecule has 0 fully saturated rings. The van der Waals surface area contributed by atoms with E-state index < -0.39 is 0 Å². The highest BCUT2D eigenvalue weighted by molar-refractivity contribution is 7.00. The van der Waals surface area contributed by atoms with Crippen LogP contribution in [0.15, 0.2) is 182 Å². The third-order valence-corrected chi connectivity index (χ3v) is 13.2. The summed E-state index contributed by atoms with van der Waals surface area (Å²) < 4.78 is 0. The maximum atomic E-state index is 2.59. The lowest BCUT2D eigenvalue weighted by Gasteiger charge is -2.46. The van der Waals surface area contributed by atoms with E-state index in [-0.39, 0.29) is 17.5 Å². The summed E-state index contributed by atoms with van der Waals surface area (Å²) in [6.45, 7) is 18.7. The Bertz CT molecular complexity index is 2950. The Morgan fingerprint density at radius 3 is 1.56 bits per heavy atom. The molecule has 10 rings (SSSR count). The molecule has 62 heavy (non-hydrogen) atoms. The molecule has 0 aliphatic carbocycles. The summed E-state index contributed by atoms with van der Waals surface area (Å²) in [5.74, 6) is 0.396. The van der Waals surface area contributed by atoms with Gasteiger partial charge < -0.3 is 9.80 Å². The summed E-state index contributed by atoms with van der Waals surface area (Å²) in [7, 11) is 0. The van der Waals surface area contributed by atoms with Gasteiger partial charge in [-0.05, 0) is 120 Å². The molecule has 0 unspecified atom stereocenters. The molecule has 2 aliphatic rings. The minimum absolute atomic E-state index is 0.00698. The van der Waals surface area contributed by atoms with Gasteiger partial charge in [0, 0.05) is 34.0 Å². The zero-order valence-corrected chi connectivity index (χ0v) is 37.4. The van der Waals surface area contributed by atoms with E-state index in [4.69, 9.17) is 0 Å². The molecule has 8 aromatic rings. The van der Waals surface area contributed by atoms with Crippen molar-refractivity contribution in [1.29, 1.82) is 0 Å². The zero-order valence-electron chi connectivity index (χ0n) is 37.4. The van der Waals surface area contributed by atoms with Crippen LogP contribution in [0.1, 0.15) is 78.0 Å². The van der Waals surface area contributed by atoms with Gasteiger partial charge in [-0.2, -0.15) is 0 Å². The van der Waals surface area contributed by atoms with Crippen molar-refractivity contribution in [3.63, 3.8) is 0 Å². The normalized spacial score (nSPS) is 13.2. The van der Waals surface area contributed by atoms with Crippen molar-refractivity contribution in [3.8, 4) is 33.4 Å². The number of para-hydroxylation sites is 1. The van der Waals surface area contributed by atoms with E-state index in [1.54, 1.807) is 0 Å². The molecular formula is C59H55BN2. The van der Waals surface area contributed by atoms with Gasteiger partial charge in [-0.1, -0.05) is 195 Å². The number of nitrogens with zero attached hydrogens (tertiary/aromatic N) is 2. The number of hydrogen-bond acceptors (Lipinski definition) is 2. The zero-order chi connectivity index (χ0) is 42.9. The molecule has 0 aromatic heterocycles. The van der Waals surface area contributed by atoms with E-state index >= 15 is 0 Å². The monoisotopic (exact) mass is 802 g/mol. The lowest BCUT2D eigenvalue weighted by molar-refractivity contribution is 0.590. The molecule has 0 amide bonds. The van der Waals surface area contributed by atoms with Crippen molar-refractivity contribution in [3.05, 3.63) is 199 Å². The smallest absolute Gasteiger partial charge is 0.252 e. The van der Waals surface area contributed by atoms with Crippen molar-refractivity contribution in [1.82, 2.24) is 0 Å². The standard InChI is InChI=1S/C59H55BN2/c1-39(2)47-23-15-16-24-48(47)43-29-33-53-50(35-43)60-51-36-44(58(3,4)5)30-34-54(51)62(52-26-18-17-25-49(52)42-21-13-10-14-22-42)56-38-45(59(6,7)8)37-55(57(56)60)61(53)46-31-27-41(28-32-46)40-19-11-9-12-20-40/h9-39H,1-8H3. The summed E-state index contributed by atoms with van der Waals surface area (Å²) in [6, 6.07) is 68.4. The average molecular weight is 803 g/mol. The highest BCUT2D eigenvalue weighted by atomic mass is 15.2. The fraction of sp³-hybridized carbons (Fsp3) is 0.186. The van der Waals surface area contributed by atoms with E-state index in [0.29, 0.717) is 5.92 Å². The first-order valence-corrected chi connectivity index (χ1v) is 22.3. The van der Waals surface area contributed by atoms with Crippen molar-refractivity contribution in [2.24, 2.45) is 0 Å². The van der Waals surface area contributed by atoms with E-state index in [9.17, 15) is 0 Å². The van der Waals surface area contributed by atoms with E-state index in [1.807, 2.05) is 0 Å². The topological polar surface area (TPSA) is 6.48 Å². The maximum absolute atomic E-state index is 2.59. The summed E-state index contributed by atoms with van der Waals surface area (Å²) in [5, 5.41) is 0. The molecule has 0 spiro atoms. The van der Waals surface area contributed by atoms with Crippen molar-refractivity contribution in [2.45, 2.75) is 72.1 Å². The second-order valence-electron chi connectivity index (χ2n) is 19.6. The van der Waals surface area contributed by atoms with Crippen LogP contribution >= 0.6 is 0 Å². The van der Waals surface area contributed by atoms with Gasteiger partial charge in [0.15, 0.2) is 0 Å². The quantitative estimate of drug-likeness (QED) is 0.155. The van der Waals surface area contributed by atoms with Crippen molar-refractivity contribution < 1.29 is 0 Å². The second kappa shape index (κ2) is 15.1. The fourth-order valence-corrected chi connectivity index (χ4v) is 9.84. The van der Waals surface area contributed by atoms with Crippen LogP contribution in [0.2, 0.25) is 0 Å². The maximum Gasteiger partial charge on any atom is 0.252 e. The van der Waals surface area contributed by atoms with Gasteiger partial charge in [-0.25, -0.2) is 0 Å². The molecule has 3 heteroatoms. The minimum Gasteiger partial charge on any atom is -0.311 e.